The number of thiazole rings is 1. The molecule has 15 nitrogen and oxygen atoms in total. The molecular weight excluding hydrogens is 777 g/mol. The largest absolute Gasteiger partial charge is 0.496 e. The Morgan fingerprint density at radius 2 is 1.80 bits per heavy atom. The highest BCUT2D eigenvalue weighted by molar-refractivity contribution is 7.14. The van der Waals surface area contributed by atoms with Crippen LogP contribution < -0.4 is 25.4 Å². The number of carbonyl (C=O) groups excluding carboxylic acids is 4. The number of hydrogen-bond donors (Lipinski definition) is 4. The van der Waals surface area contributed by atoms with Crippen LogP contribution in [0.5, 0.6) is 11.5 Å². The maximum absolute atomic E-state index is 14.6. The molecule has 4 fully saturated rings. The van der Waals surface area contributed by atoms with E-state index < -0.39 is 58.9 Å². The van der Waals surface area contributed by atoms with Crippen molar-refractivity contribution in [1.82, 2.24) is 25.5 Å². The summed E-state index contributed by atoms with van der Waals surface area (Å²) >= 11 is 1.30. The van der Waals surface area contributed by atoms with E-state index in [2.05, 4.69) is 22.5 Å². The molecule has 4 amide bonds. The number of benzene rings is 1. The second-order valence-electron chi connectivity index (χ2n) is 17.4. The molecule has 16 heteroatoms. The maximum Gasteiger partial charge on any atom is 0.408 e. The standard InChI is InChI=1S/C43H54N6O9S/c1-7-25-20-43(25,39(53)54)48-37(51)31-18-27(21-49(31)38(52)36(42(3,4)5)47-41(55)58-26-13-10-14-26)57-33-19-29(44-35-23(2)32(56-6)16-15-28(33)35)30-22-59-40(45-30)46-34(50)17-24-11-8-9-12-24/h7,15-16,19,22,24-27,31,36H,1,8-14,17-18,20-21H2,2-6H3,(H,47,55)(H,48,51)(H,53,54)(H,45,46,50). The van der Waals surface area contributed by atoms with Gasteiger partial charge in [0.05, 0.1) is 24.9 Å². The van der Waals surface area contributed by atoms with Crippen LogP contribution in [0.2, 0.25) is 0 Å². The SMILES string of the molecule is C=CC1CC1(NC(=O)C1CC(Oc2cc(-c3csc(NC(=O)CC4CCCC4)n3)nc3c(C)c(OC)ccc23)CN1C(=O)C(NC(=O)OC1CCC1)C(C)(C)C)C(=O)O. The molecule has 3 heterocycles. The molecule has 1 saturated heterocycles. The Balaban J connectivity index is 1.19. The van der Waals surface area contributed by atoms with Gasteiger partial charge in [-0.3, -0.25) is 14.4 Å². The third kappa shape index (κ3) is 8.87. The number of carboxylic acid groups (broad SMARTS) is 1. The van der Waals surface area contributed by atoms with Crippen molar-refractivity contribution in [3.05, 3.63) is 41.8 Å². The van der Waals surface area contributed by atoms with Crippen molar-refractivity contribution in [2.24, 2.45) is 17.3 Å². The summed E-state index contributed by atoms with van der Waals surface area (Å²) in [6, 6.07) is 3.18. The van der Waals surface area contributed by atoms with Gasteiger partial charge in [0.1, 0.15) is 47.0 Å². The minimum absolute atomic E-state index is 0.0254. The molecule has 5 unspecified atom stereocenters. The summed E-state index contributed by atoms with van der Waals surface area (Å²) in [6.45, 7) is 11.0. The topological polar surface area (TPSA) is 198 Å². The smallest absolute Gasteiger partial charge is 0.408 e. The van der Waals surface area contributed by atoms with Crippen LogP contribution in [0.3, 0.4) is 0 Å². The van der Waals surface area contributed by atoms with Crippen LogP contribution in [0.4, 0.5) is 9.93 Å². The Kier molecular flexibility index (Phi) is 11.9. The lowest BCUT2D eigenvalue weighted by Gasteiger charge is -2.36. The van der Waals surface area contributed by atoms with Gasteiger partial charge in [-0.2, -0.15) is 0 Å². The number of rotatable bonds is 14. The zero-order chi connectivity index (χ0) is 42.2. The zero-order valence-corrected chi connectivity index (χ0v) is 35.1. The first kappa shape index (κ1) is 41.9. The number of carboxylic acids is 1. The Morgan fingerprint density at radius 3 is 2.42 bits per heavy atom. The number of hydrogen-bond acceptors (Lipinski definition) is 11. The van der Waals surface area contributed by atoms with Crippen LogP contribution in [0.1, 0.15) is 90.5 Å². The van der Waals surface area contributed by atoms with Gasteiger partial charge < -0.3 is 40.2 Å². The Bertz CT molecular complexity index is 2140. The molecule has 3 saturated carbocycles. The van der Waals surface area contributed by atoms with Crippen LogP contribution in [0, 0.1) is 24.2 Å². The summed E-state index contributed by atoms with van der Waals surface area (Å²) < 4.78 is 17.9. The molecule has 4 aliphatic rings. The molecule has 7 rings (SSSR count). The lowest BCUT2D eigenvalue weighted by atomic mass is 9.85. The number of likely N-dealkylation sites (tertiary alicyclic amines) is 1. The normalized spacial score (nSPS) is 23.5. The number of aryl methyl sites for hydroxylation is 1. The number of methoxy groups -OCH3 is 1. The molecule has 5 atom stereocenters. The fraction of sp³-hybridized carbons (Fsp3) is 0.558. The van der Waals surface area contributed by atoms with Crippen LogP contribution >= 0.6 is 11.3 Å². The number of aliphatic carboxylic acids is 1. The minimum Gasteiger partial charge on any atom is -0.496 e. The molecular formula is C43H54N6O9S. The number of aromatic nitrogens is 2. The first-order chi connectivity index (χ1) is 28.1. The number of nitrogens with zero attached hydrogens (tertiary/aromatic N) is 3. The zero-order valence-electron chi connectivity index (χ0n) is 34.3. The van der Waals surface area contributed by atoms with Gasteiger partial charge in [-0.1, -0.05) is 39.7 Å². The van der Waals surface area contributed by atoms with E-state index in [4.69, 9.17) is 24.2 Å². The van der Waals surface area contributed by atoms with E-state index in [1.807, 2.05) is 45.2 Å². The van der Waals surface area contributed by atoms with E-state index in [1.165, 1.54) is 22.3 Å². The molecule has 316 valence electrons. The van der Waals surface area contributed by atoms with Gasteiger partial charge in [-0.15, -0.1) is 17.9 Å². The van der Waals surface area contributed by atoms with Crippen molar-refractivity contribution >= 4 is 57.2 Å². The lowest BCUT2D eigenvalue weighted by Crippen LogP contribution is -2.59. The van der Waals surface area contributed by atoms with E-state index >= 15 is 0 Å². The van der Waals surface area contributed by atoms with Gasteiger partial charge in [-0.05, 0) is 68.9 Å². The highest BCUT2D eigenvalue weighted by atomic mass is 32.1. The predicted octanol–water partition coefficient (Wildman–Crippen LogP) is 6.38. The summed E-state index contributed by atoms with van der Waals surface area (Å²) in [7, 11) is 1.58. The quantitative estimate of drug-likeness (QED) is 0.132. The van der Waals surface area contributed by atoms with Crippen molar-refractivity contribution in [3.8, 4) is 22.9 Å². The van der Waals surface area contributed by atoms with E-state index in [0.29, 0.717) is 51.3 Å². The third-order valence-corrected chi connectivity index (χ3v) is 13.0. The number of pyridine rings is 1. The minimum atomic E-state index is -1.53. The maximum atomic E-state index is 14.6. The molecule has 1 aliphatic heterocycles. The number of ether oxygens (including phenoxy) is 3. The van der Waals surface area contributed by atoms with E-state index in [1.54, 1.807) is 13.2 Å². The van der Waals surface area contributed by atoms with Crippen LogP contribution in [0.25, 0.3) is 22.3 Å². The van der Waals surface area contributed by atoms with Gasteiger partial charge in [0.2, 0.25) is 17.7 Å². The van der Waals surface area contributed by atoms with E-state index in [-0.39, 0.29) is 31.4 Å². The summed E-state index contributed by atoms with van der Waals surface area (Å²) in [5.74, 6) is -1.48. The van der Waals surface area contributed by atoms with Crippen LogP contribution in [0.15, 0.2) is 36.2 Å². The van der Waals surface area contributed by atoms with Crippen LogP contribution in [-0.4, -0.2) is 93.2 Å². The highest BCUT2D eigenvalue weighted by Crippen LogP contribution is 2.45. The first-order valence-electron chi connectivity index (χ1n) is 20.5. The summed E-state index contributed by atoms with van der Waals surface area (Å²) in [4.78, 5) is 78.1. The van der Waals surface area contributed by atoms with Gasteiger partial charge in [-0.25, -0.2) is 19.6 Å². The number of anilines is 1. The molecule has 4 N–H and O–H groups in total. The van der Waals surface area contributed by atoms with Gasteiger partial charge in [0, 0.05) is 41.2 Å². The van der Waals surface area contributed by atoms with Crippen LogP contribution in [-0.2, 0) is 23.9 Å². The Morgan fingerprint density at radius 1 is 1.05 bits per heavy atom. The Labute approximate surface area is 347 Å². The summed E-state index contributed by atoms with van der Waals surface area (Å²) in [5, 5.41) is 21.5. The van der Waals surface area contributed by atoms with E-state index in [0.717, 1.165) is 50.5 Å². The molecule has 3 aromatic rings. The van der Waals surface area contributed by atoms with Crippen molar-refractivity contribution in [1.29, 1.82) is 0 Å². The molecule has 0 radical (unpaired) electrons. The number of amides is 4. The first-order valence-corrected chi connectivity index (χ1v) is 21.3. The molecule has 0 spiro atoms. The number of fused-ring (bicyclic) bond motifs is 1. The molecule has 1 aromatic carbocycles. The Hall–Kier alpha value is -5.25. The molecule has 59 heavy (non-hydrogen) atoms. The van der Waals surface area contributed by atoms with Gasteiger partial charge in [0.25, 0.3) is 0 Å². The van der Waals surface area contributed by atoms with Gasteiger partial charge >= 0.3 is 12.1 Å². The monoisotopic (exact) mass is 830 g/mol. The third-order valence-electron chi connectivity index (χ3n) is 12.2. The van der Waals surface area contributed by atoms with Crippen molar-refractivity contribution < 1.29 is 43.3 Å². The van der Waals surface area contributed by atoms with E-state index in [9.17, 15) is 29.1 Å². The average Bonchev–Trinajstić information content (AvgIpc) is 3.58. The predicted molar refractivity (Wildman–Crippen MR) is 221 cm³/mol. The summed E-state index contributed by atoms with van der Waals surface area (Å²) in [6.07, 6.45) is 7.38. The molecule has 3 aliphatic carbocycles. The van der Waals surface area contributed by atoms with Crippen molar-refractivity contribution in [2.75, 3.05) is 19.0 Å². The lowest BCUT2D eigenvalue weighted by molar-refractivity contribution is -0.146. The molecule has 0 bridgehead atoms. The number of carbonyl (C=O) groups is 5. The molecule has 2 aromatic heterocycles. The second-order valence-corrected chi connectivity index (χ2v) is 18.3. The second kappa shape index (κ2) is 16.8. The average molecular weight is 831 g/mol. The van der Waals surface area contributed by atoms with Crippen molar-refractivity contribution in [2.45, 2.75) is 122 Å². The fourth-order valence-corrected chi connectivity index (χ4v) is 9.12. The van der Waals surface area contributed by atoms with Gasteiger partial charge in [0.15, 0.2) is 5.13 Å². The highest BCUT2D eigenvalue weighted by Gasteiger charge is 2.61. The summed E-state index contributed by atoms with van der Waals surface area (Å²) in [5.41, 5.74) is 0.0184. The van der Waals surface area contributed by atoms with Crippen molar-refractivity contribution in [3.63, 3.8) is 0 Å². The number of nitrogens with one attached hydrogen (secondary N) is 3. The number of alkyl carbamates (subject to hydrolysis) is 1. The fourth-order valence-electron chi connectivity index (χ4n) is 8.40.